The molecule has 1 aliphatic heterocycles. The molecule has 2 heterocycles. The Morgan fingerprint density at radius 3 is 2.31 bits per heavy atom. The first kappa shape index (κ1) is 26.4. The van der Waals surface area contributed by atoms with Crippen molar-refractivity contribution in [1.82, 2.24) is 14.8 Å². The van der Waals surface area contributed by atoms with E-state index in [0.717, 1.165) is 23.7 Å². The molecule has 39 heavy (non-hydrogen) atoms. The highest BCUT2D eigenvalue weighted by molar-refractivity contribution is 6.35. The van der Waals surface area contributed by atoms with E-state index in [9.17, 15) is 14.4 Å². The van der Waals surface area contributed by atoms with Crippen molar-refractivity contribution in [2.75, 3.05) is 32.5 Å². The summed E-state index contributed by atoms with van der Waals surface area (Å²) >= 11 is 6.26. The molecule has 7 nitrogen and oxygen atoms in total. The summed E-state index contributed by atoms with van der Waals surface area (Å²) in [5, 5.41) is 4.22. The van der Waals surface area contributed by atoms with Crippen molar-refractivity contribution < 1.29 is 14.4 Å². The molecule has 3 amide bonds. The standard InChI is InChI=1S/C31H29ClN4O3/c1-35(2)30(38)22-5-3-6-23(17-22)31(39)36-15-13-21(14-16-36)20-9-11-25(12-10-20)34-29(37)24-18-26-27(32)7-4-8-28(26)33-19-24/h3-12,17-19,21H,13-16H2,1-2H3,(H,34,37). The van der Waals surface area contributed by atoms with E-state index in [4.69, 9.17) is 11.6 Å². The van der Waals surface area contributed by atoms with Crippen LogP contribution in [-0.4, -0.2) is 59.7 Å². The molecule has 8 heteroatoms. The molecule has 198 valence electrons. The number of carbonyl (C=O) groups is 3. The summed E-state index contributed by atoms with van der Waals surface area (Å²) in [5.41, 5.74) is 4.09. The Hall–Kier alpha value is -4.23. The third kappa shape index (κ3) is 5.78. The van der Waals surface area contributed by atoms with Gasteiger partial charge in [-0.1, -0.05) is 35.9 Å². The number of aromatic nitrogens is 1. The maximum Gasteiger partial charge on any atom is 0.257 e. The van der Waals surface area contributed by atoms with Crippen molar-refractivity contribution >= 4 is 45.9 Å². The van der Waals surface area contributed by atoms with Crippen molar-refractivity contribution in [1.29, 1.82) is 0 Å². The van der Waals surface area contributed by atoms with Crippen LogP contribution in [0.5, 0.6) is 0 Å². The summed E-state index contributed by atoms with van der Waals surface area (Å²) in [6.07, 6.45) is 3.24. The van der Waals surface area contributed by atoms with Crippen LogP contribution in [0.1, 0.15) is 55.4 Å². The van der Waals surface area contributed by atoms with Gasteiger partial charge < -0.3 is 15.1 Å². The zero-order chi connectivity index (χ0) is 27.5. The van der Waals surface area contributed by atoms with Crippen LogP contribution in [-0.2, 0) is 0 Å². The van der Waals surface area contributed by atoms with E-state index < -0.39 is 0 Å². The lowest BCUT2D eigenvalue weighted by molar-refractivity contribution is 0.0713. The Morgan fingerprint density at radius 2 is 1.59 bits per heavy atom. The molecule has 0 saturated carbocycles. The van der Waals surface area contributed by atoms with Gasteiger partial charge in [0, 0.05) is 60.6 Å². The van der Waals surface area contributed by atoms with E-state index in [-0.39, 0.29) is 17.7 Å². The lowest BCUT2D eigenvalue weighted by Crippen LogP contribution is -2.38. The molecular weight excluding hydrogens is 512 g/mol. The minimum Gasteiger partial charge on any atom is -0.345 e. The molecule has 3 aromatic carbocycles. The molecule has 0 atom stereocenters. The average Bonchev–Trinajstić information content (AvgIpc) is 2.97. The van der Waals surface area contributed by atoms with Crippen LogP contribution in [0.25, 0.3) is 10.9 Å². The fraction of sp³-hybridized carbons (Fsp3) is 0.226. The normalized spacial score (nSPS) is 13.8. The fourth-order valence-corrected chi connectivity index (χ4v) is 5.15. The number of pyridine rings is 1. The van der Waals surface area contributed by atoms with Crippen molar-refractivity contribution in [3.8, 4) is 0 Å². The first-order valence-corrected chi connectivity index (χ1v) is 13.2. The maximum atomic E-state index is 13.1. The quantitative estimate of drug-likeness (QED) is 0.343. The highest BCUT2D eigenvalue weighted by atomic mass is 35.5. The van der Waals surface area contributed by atoms with Crippen LogP contribution in [0.15, 0.2) is 79.0 Å². The Kier molecular flexibility index (Phi) is 7.61. The Bertz CT molecular complexity index is 1540. The fourth-order valence-electron chi connectivity index (χ4n) is 4.92. The number of amides is 3. The van der Waals surface area contributed by atoms with E-state index >= 15 is 0 Å². The average molecular weight is 541 g/mol. The van der Waals surface area contributed by atoms with Gasteiger partial charge in [0.25, 0.3) is 17.7 Å². The number of carbonyl (C=O) groups excluding carboxylic acids is 3. The largest absolute Gasteiger partial charge is 0.345 e. The van der Waals surface area contributed by atoms with Crippen LogP contribution in [0.4, 0.5) is 5.69 Å². The van der Waals surface area contributed by atoms with Crippen molar-refractivity contribution in [3.63, 3.8) is 0 Å². The SMILES string of the molecule is CN(C)C(=O)c1cccc(C(=O)N2CCC(c3ccc(NC(=O)c4cnc5cccc(Cl)c5c4)cc3)CC2)c1. The monoisotopic (exact) mass is 540 g/mol. The smallest absolute Gasteiger partial charge is 0.257 e. The van der Waals surface area contributed by atoms with Crippen molar-refractivity contribution in [2.45, 2.75) is 18.8 Å². The lowest BCUT2D eigenvalue weighted by atomic mass is 9.89. The number of fused-ring (bicyclic) bond motifs is 1. The predicted molar refractivity (Wildman–Crippen MR) is 153 cm³/mol. The summed E-state index contributed by atoms with van der Waals surface area (Å²) in [4.78, 5) is 45.9. The number of nitrogens with one attached hydrogen (secondary N) is 1. The number of piperidine rings is 1. The molecule has 0 spiro atoms. The Balaban J connectivity index is 1.18. The van der Waals surface area contributed by atoms with Gasteiger partial charge >= 0.3 is 0 Å². The zero-order valence-electron chi connectivity index (χ0n) is 21.9. The van der Waals surface area contributed by atoms with Gasteiger partial charge in [-0.3, -0.25) is 19.4 Å². The molecule has 4 aromatic rings. The molecular formula is C31H29ClN4O3. The molecule has 1 fully saturated rings. The summed E-state index contributed by atoms with van der Waals surface area (Å²) < 4.78 is 0. The second-order valence-corrected chi connectivity index (χ2v) is 10.4. The predicted octanol–water partition coefficient (Wildman–Crippen LogP) is 5.86. The summed E-state index contributed by atoms with van der Waals surface area (Å²) in [7, 11) is 3.39. The third-order valence-corrected chi connectivity index (χ3v) is 7.45. The van der Waals surface area contributed by atoms with E-state index in [1.54, 1.807) is 56.7 Å². The highest BCUT2D eigenvalue weighted by Crippen LogP contribution is 2.30. The van der Waals surface area contributed by atoms with Gasteiger partial charge in [0.05, 0.1) is 11.1 Å². The van der Waals surface area contributed by atoms with E-state index in [1.807, 2.05) is 41.3 Å². The van der Waals surface area contributed by atoms with E-state index in [2.05, 4.69) is 10.3 Å². The zero-order valence-corrected chi connectivity index (χ0v) is 22.6. The second kappa shape index (κ2) is 11.3. The van der Waals surface area contributed by atoms with Crippen LogP contribution >= 0.6 is 11.6 Å². The number of rotatable bonds is 5. The third-order valence-electron chi connectivity index (χ3n) is 7.12. The summed E-state index contributed by atoms with van der Waals surface area (Å²) in [6, 6.07) is 22.0. The number of likely N-dealkylation sites (tertiary alicyclic amines) is 1. The molecule has 0 radical (unpaired) electrons. The van der Waals surface area contributed by atoms with Gasteiger partial charge in [-0.25, -0.2) is 0 Å². The first-order valence-electron chi connectivity index (χ1n) is 12.9. The van der Waals surface area contributed by atoms with Crippen molar-refractivity contribution in [2.24, 2.45) is 0 Å². The number of hydrogen-bond acceptors (Lipinski definition) is 4. The molecule has 1 N–H and O–H groups in total. The summed E-state index contributed by atoms with van der Waals surface area (Å²) in [5.74, 6) is -0.0989. The lowest BCUT2D eigenvalue weighted by Gasteiger charge is -2.32. The Labute approximate surface area is 232 Å². The molecule has 0 bridgehead atoms. The van der Waals surface area contributed by atoms with Gasteiger partial charge in [0.1, 0.15) is 0 Å². The summed E-state index contributed by atoms with van der Waals surface area (Å²) in [6.45, 7) is 1.29. The first-order chi connectivity index (χ1) is 18.8. The van der Waals surface area contributed by atoms with Crippen molar-refractivity contribution in [3.05, 3.63) is 106 Å². The van der Waals surface area contributed by atoms with Gasteiger partial charge in [-0.05, 0) is 72.9 Å². The highest BCUT2D eigenvalue weighted by Gasteiger charge is 2.25. The minimum atomic E-state index is -0.250. The number of nitrogens with zero attached hydrogens (tertiary/aromatic N) is 3. The number of halogens is 1. The van der Waals surface area contributed by atoms with E-state index in [1.165, 1.54) is 10.5 Å². The number of benzene rings is 3. The molecule has 0 aliphatic carbocycles. The van der Waals surface area contributed by atoms with Gasteiger partial charge in [0.15, 0.2) is 0 Å². The molecule has 1 aliphatic rings. The van der Waals surface area contributed by atoms with Crippen LogP contribution in [0.2, 0.25) is 5.02 Å². The van der Waals surface area contributed by atoms with Gasteiger partial charge in [0.2, 0.25) is 0 Å². The minimum absolute atomic E-state index is 0.0515. The van der Waals surface area contributed by atoms with Gasteiger partial charge in [-0.2, -0.15) is 0 Å². The molecule has 1 saturated heterocycles. The maximum absolute atomic E-state index is 13.1. The molecule has 5 rings (SSSR count). The van der Waals surface area contributed by atoms with Crippen LogP contribution in [0, 0.1) is 0 Å². The van der Waals surface area contributed by atoms with Crippen LogP contribution < -0.4 is 5.32 Å². The Morgan fingerprint density at radius 1 is 0.897 bits per heavy atom. The van der Waals surface area contributed by atoms with Gasteiger partial charge in [-0.15, -0.1) is 0 Å². The number of anilines is 1. The topological polar surface area (TPSA) is 82.6 Å². The van der Waals surface area contributed by atoms with E-state index in [0.29, 0.717) is 46.4 Å². The number of hydrogen-bond donors (Lipinski definition) is 1. The molecule has 1 aromatic heterocycles. The second-order valence-electron chi connectivity index (χ2n) is 9.95. The molecule has 0 unspecified atom stereocenters. The van der Waals surface area contributed by atoms with Crippen LogP contribution in [0.3, 0.4) is 0 Å².